The van der Waals surface area contributed by atoms with Crippen LogP contribution in [0.5, 0.6) is 0 Å². The van der Waals surface area contributed by atoms with Crippen LogP contribution in [0, 0.1) is 27.5 Å². The van der Waals surface area contributed by atoms with Crippen molar-refractivity contribution in [2.75, 3.05) is 5.32 Å². The van der Waals surface area contributed by atoms with Crippen molar-refractivity contribution in [3.63, 3.8) is 0 Å². The molecule has 26 heavy (non-hydrogen) atoms. The number of anilines is 1. The van der Waals surface area contributed by atoms with Gasteiger partial charge in [-0.05, 0) is 59.7 Å². The van der Waals surface area contributed by atoms with Crippen LogP contribution in [0.2, 0.25) is 0 Å². The summed E-state index contributed by atoms with van der Waals surface area (Å²) in [5.41, 5.74) is 4.27. The molecule has 1 amide bonds. The Balaban J connectivity index is 1.83. The molecule has 0 radical (unpaired) electrons. The van der Waals surface area contributed by atoms with Crippen LogP contribution in [0.25, 0.3) is 11.3 Å². The van der Waals surface area contributed by atoms with Crippen molar-refractivity contribution in [3.05, 3.63) is 72.2 Å². The number of nitro groups is 1. The molecule has 0 unspecified atom stereocenters. The molecule has 3 rings (SSSR count). The molecule has 0 atom stereocenters. The van der Waals surface area contributed by atoms with Gasteiger partial charge in [-0.3, -0.25) is 20.2 Å². The molecule has 1 N–H and O–H groups in total. The summed E-state index contributed by atoms with van der Waals surface area (Å²) >= 11 is 3.29. The predicted octanol–water partition coefficient (Wildman–Crippen LogP) is 5.19. The van der Waals surface area contributed by atoms with Crippen LogP contribution in [-0.2, 0) is 0 Å². The van der Waals surface area contributed by atoms with Crippen LogP contribution >= 0.6 is 33.9 Å². The zero-order valence-electron chi connectivity index (χ0n) is 13.9. The van der Waals surface area contributed by atoms with Crippen molar-refractivity contribution in [2.24, 2.45) is 0 Å². The Morgan fingerprint density at radius 2 is 1.96 bits per heavy atom. The molecular weight excluding hydrogens is 465 g/mol. The standard InChI is InChI=1S/C18H14IN3O3S/c1-10-3-4-12(7-11(10)2)16-9-26-18(20-16)21-17(23)14-8-13(22(24)25)5-6-15(14)19/h3-9H,1-2H3,(H,20,21,23). The molecule has 0 saturated carbocycles. The first-order chi connectivity index (χ1) is 12.3. The topological polar surface area (TPSA) is 85.1 Å². The van der Waals surface area contributed by atoms with Crippen LogP contribution < -0.4 is 5.32 Å². The Bertz CT molecular complexity index is 1020. The smallest absolute Gasteiger partial charge is 0.270 e. The molecule has 0 fully saturated rings. The molecule has 8 heteroatoms. The number of halogens is 1. The highest BCUT2D eigenvalue weighted by molar-refractivity contribution is 14.1. The summed E-state index contributed by atoms with van der Waals surface area (Å²) in [7, 11) is 0. The highest BCUT2D eigenvalue weighted by Gasteiger charge is 2.17. The van der Waals surface area contributed by atoms with E-state index in [1.54, 1.807) is 6.07 Å². The van der Waals surface area contributed by atoms with Gasteiger partial charge in [0, 0.05) is 26.6 Å². The molecule has 0 spiro atoms. The van der Waals surface area contributed by atoms with Crippen LogP contribution in [0.3, 0.4) is 0 Å². The second-order valence-corrected chi connectivity index (χ2v) is 7.73. The van der Waals surface area contributed by atoms with Crippen molar-refractivity contribution < 1.29 is 9.72 Å². The molecule has 132 valence electrons. The molecule has 0 saturated heterocycles. The van der Waals surface area contributed by atoms with E-state index in [1.165, 1.54) is 34.6 Å². The van der Waals surface area contributed by atoms with E-state index in [4.69, 9.17) is 0 Å². The van der Waals surface area contributed by atoms with Gasteiger partial charge in [0.25, 0.3) is 11.6 Å². The SMILES string of the molecule is Cc1ccc(-c2csc(NC(=O)c3cc([N+](=O)[O-])ccc3I)n2)cc1C. The Morgan fingerprint density at radius 1 is 1.19 bits per heavy atom. The largest absolute Gasteiger partial charge is 0.298 e. The molecule has 0 bridgehead atoms. The van der Waals surface area contributed by atoms with Crippen LogP contribution in [0.4, 0.5) is 10.8 Å². The van der Waals surface area contributed by atoms with Crippen molar-refractivity contribution in [3.8, 4) is 11.3 Å². The number of hydrogen-bond donors (Lipinski definition) is 1. The minimum absolute atomic E-state index is 0.120. The molecule has 0 aliphatic carbocycles. The summed E-state index contributed by atoms with van der Waals surface area (Å²) in [6.07, 6.45) is 0. The third-order valence-electron chi connectivity index (χ3n) is 3.93. The average Bonchev–Trinajstić information content (AvgIpc) is 3.05. The zero-order valence-corrected chi connectivity index (χ0v) is 16.9. The molecule has 6 nitrogen and oxygen atoms in total. The van der Waals surface area contributed by atoms with Gasteiger partial charge >= 0.3 is 0 Å². The van der Waals surface area contributed by atoms with Gasteiger partial charge in [0.05, 0.1) is 16.2 Å². The van der Waals surface area contributed by atoms with E-state index in [-0.39, 0.29) is 11.3 Å². The number of nitrogens with one attached hydrogen (secondary N) is 1. The Labute approximate surface area is 167 Å². The lowest BCUT2D eigenvalue weighted by molar-refractivity contribution is -0.384. The van der Waals surface area contributed by atoms with Crippen molar-refractivity contribution >= 4 is 50.7 Å². The maximum Gasteiger partial charge on any atom is 0.270 e. The molecule has 2 aromatic carbocycles. The third kappa shape index (κ3) is 3.91. The fourth-order valence-electron chi connectivity index (χ4n) is 2.33. The van der Waals surface area contributed by atoms with Crippen LogP contribution in [-0.4, -0.2) is 15.8 Å². The number of hydrogen-bond acceptors (Lipinski definition) is 5. The van der Waals surface area contributed by atoms with E-state index in [0.29, 0.717) is 8.70 Å². The lowest BCUT2D eigenvalue weighted by Crippen LogP contribution is -2.13. The number of non-ortho nitro benzene ring substituents is 1. The number of amides is 1. The van der Waals surface area contributed by atoms with Gasteiger partial charge in [0.1, 0.15) is 0 Å². The minimum atomic E-state index is -0.520. The first-order valence-corrected chi connectivity index (χ1v) is 9.59. The Hall–Kier alpha value is -2.33. The Morgan fingerprint density at radius 3 is 2.65 bits per heavy atom. The van der Waals surface area contributed by atoms with Crippen LogP contribution in [0.15, 0.2) is 41.8 Å². The summed E-state index contributed by atoms with van der Waals surface area (Å²) < 4.78 is 0.636. The minimum Gasteiger partial charge on any atom is -0.298 e. The van der Waals surface area contributed by atoms with Crippen molar-refractivity contribution in [2.45, 2.75) is 13.8 Å². The molecule has 0 aliphatic rings. The number of carbonyl (C=O) groups excluding carboxylic acids is 1. The monoisotopic (exact) mass is 479 g/mol. The van der Waals surface area contributed by atoms with Gasteiger partial charge in [-0.2, -0.15) is 0 Å². The van der Waals surface area contributed by atoms with Gasteiger partial charge in [-0.1, -0.05) is 12.1 Å². The fraction of sp³-hybridized carbons (Fsp3) is 0.111. The summed E-state index contributed by atoms with van der Waals surface area (Å²) in [6, 6.07) is 10.3. The number of benzene rings is 2. The van der Waals surface area contributed by atoms with Gasteiger partial charge in [-0.15, -0.1) is 11.3 Å². The first kappa shape index (κ1) is 18.5. The molecule has 3 aromatic rings. The lowest BCUT2D eigenvalue weighted by atomic mass is 10.1. The van der Waals surface area contributed by atoms with Gasteiger partial charge < -0.3 is 0 Å². The van der Waals surface area contributed by atoms with Crippen molar-refractivity contribution in [1.82, 2.24) is 4.98 Å². The van der Waals surface area contributed by atoms with E-state index in [0.717, 1.165) is 11.3 Å². The summed E-state index contributed by atoms with van der Waals surface area (Å²) in [5, 5.41) is 16.0. The number of nitrogens with zero attached hydrogens (tertiary/aromatic N) is 2. The molecule has 1 heterocycles. The highest BCUT2D eigenvalue weighted by atomic mass is 127. The summed E-state index contributed by atoms with van der Waals surface area (Å²) in [4.78, 5) is 27.3. The van der Waals surface area contributed by atoms with Gasteiger partial charge in [0.15, 0.2) is 5.13 Å². The second kappa shape index (κ2) is 7.50. The Kier molecular flexibility index (Phi) is 5.33. The number of aromatic nitrogens is 1. The number of rotatable bonds is 4. The molecular formula is C18H14IN3O3S. The molecule has 1 aromatic heterocycles. The maximum absolute atomic E-state index is 12.5. The van der Waals surface area contributed by atoms with Crippen molar-refractivity contribution in [1.29, 1.82) is 0 Å². The fourth-order valence-corrected chi connectivity index (χ4v) is 3.62. The zero-order chi connectivity index (χ0) is 18.8. The summed E-state index contributed by atoms with van der Waals surface area (Å²) in [6.45, 7) is 4.09. The van der Waals surface area contributed by atoms with E-state index in [2.05, 4.69) is 16.4 Å². The van der Waals surface area contributed by atoms with Crippen LogP contribution in [0.1, 0.15) is 21.5 Å². The van der Waals surface area contributed by atoms with E-state index >= 15 is 0 Å². The first-order valence-electron chi connectivity index (χ1n) is 7.63. The quantitative estimate of drug-likeness (QED) is 0.317. The third-order valence-corrected chi connectivity index (χ3v) is 5.63. The van der Waals surface area contributed by atoms with E-state index < -0.39 is 10.8 Å². The average molecular weight is 479 g/mol. The number of carbonyl (C=O) groups is 1. The number of aryl methyl sites for hydroxylation is 2. The van der Waals surface area contributed by atoms with Gasteiger partial charge in [-0.25, -0.2) is 4.98 Å². The van der Waals surface area contributed by atoms with E-state index in [1.807, 2.05) is 54.0 Å². The number of thiazole rings is 1. The van der Waals surface area contributed by atoms with Gasteiger partial charge in [0.2, 0.25) is 0 Å². The normalized spacial score (nSPS) is 10.6. The number of nitro benzene ring substituents is 1. The maximum atomic E-state index is 12.5. The van der Waals surface area contributed by atoms with E-state index in [9.17, 15) is 14.9 Å². The second-order valence-electron chi connectivity index (χ2n) is 5.71. The summed E-state index contributed by atoms with van der Waals surface area (Å²) in [5.74, 6) is -0.418. The predicted molar refractivity (Wildman–Crippen MR) is 111 cm³/mol. The highest BCUT2D eigenvalue weighted by Crippen LogP contribution is 2.27. The molecule has 0 aliphatic heterocycles. The lowest BCUT2D eigenvalue weighted by Gasteiger charge is -2.05.